The highest BCUT2D eigenvalue weighted by Crippen LogP contribution is 2.34. The molecular formula is C22H19ClN6O2S. The average Bonchev–Trinajstić information content (AvgIpc) is 3.51. The second-order valence-corrected chi connectivity index (χ2v) is 8.85. The van der Waals surface area contributed by atoms with Gasteiger partial charge in [-0.1, -0.05) is 35.5 Å². The Kier molecular flexibility index (Phi) is 5.44. The number of aryl methyl sites for hydroxylation is 2. The van der Waals surface area contributed by atoms with Crippen molar-refractivity contribution in [2.45, 2.75) is 31.5 Å². The molecule has 1 aliphatic heterocycles. The van der Waals surface area contributed by atoms with Gasteiger partial charge in [-0.25, -0.2) is 9.99 Å². The number of hydrogen-bond acceptors (Lipinski definition) is 7. The van der Waals surface area contributed by atoms with Crippen LogP contribution in [0, 0.1) is 13.8 Å². The van der Waals surface area contributed by atoms with E-state index in [9.17, 15) is 4.79 Å². The van der Waals surface area contributed by atoms with Crippen LogP contribution < -0.4 is 0 Å². The molecule has 162 valence electrons. The third-order valence-electron chi connectivity index (χ3n) is 5.20. The molecule has 0 fully saturated rings. The molecule has 1 atom stereocenters. The number of fused-ring (bicyclic) bond motifs is 1. The van der Waals surface area contributed by atoms with Crippen molar-refractivity contribution in [1.29, 1.82) is 0 Å². The van der Waals surface area contributed by atoms with Crippen LogP contribution in [0.25, 0.3) is 5.78 Å². The standard InChI is InChI=1S/C22H19ClN6O2S/c1-13-10-14(2)28-21(24-13)25-26-22(28)32-12-20(30)29-18(19-4-3-9-31-19)11-17(27-29)15-5-7-16(23)8-6-15/h3-10,18H,11-12H2,1-2H3/t18-/m1/s1. The maximum atomic E-state index is 13.2. The molecule has 0 bridgehead atoms. The molecule has 1 aromatic carbocycles. The summed E-state index contributed by atoms with van der Waals surface area (Å²) < 4.78 is 7.45. The number of amides is 1. The lowest BCUT2D eigenvalue weighted by molar-refractivity contribution is -0.130. The first-order valence-corrected chi connectivity index (χ1v) is 11.4. The molecule has 0 aliphatic carbocycles. The van der Waals surface area contributed by atoms with Gasteiger partial charge in [0.15, 0.2) is 5.16 Å². The van der Waals surface area contributed by atoms with Gasteiger partial charge in [0, 0.05) is 22.8 Å². The van der Waals surface area contributed by atoms with Gasteiger partial charge in [0.1, 0.15) is 11.8 Å². The van der Waals surface area contributed by atoms with Gasteiger partial charge in [0.2, 0.25) is 0 Å². The van der Waals surface area contributed by atoms with Gasteiger partial charge in [0.05, 0.1) is 17.7 Å². The highest BCUT2D eigenvalue weighted by molar-refractivity contribution is 7.99. The second kappa shape index (κ2) is 8.40. The smallest absolute Gasteiger partial charge is 0.256 e. The first-order valence-electron chi connectivity index (χ1n) is 10.0. The molecule has 0 radical (unpaired) electrons. The van der Waals surface area contributed by atoms with Crippen molar-refractivity contribution in [2.24, 2.45) is 5.10 Å². The van der Waals surface area contributed by atoms with Crippen LogP contribution in [0.1, 0.15) is 35.2 Å². The SMILES string of the molecule is Cc1cc(C)n2c(SCC(=O)N3N=C(c4ccc(Cl)cc4)C[C@@H]3c3ccco3)nnc2n1. The summed E-state index contributed by atoms with van der Waals surface area (Å²) in [5, 5.41) is 15.8. The van der Waals surface area contributed by atoms with Gasteiger partial charge in [0.25, 0.3) is 11.7 Å². The summed E-state index contributed by atoms with van der Waals surface area (Å²) >= 11 is 7.33. The van der Waals surface area contributed by atoms with E-state index >= 15 is 0 Å². The molecule has 32 heavy (non-hydrogen) atoms. The first kappa shape index (κ1) is 20.7. The largest absolute Gasteiger partial charge is 0.467 e. The lowest BCUT2D eigenvalue weighted by Crippen LogP contribution is -2.28. The predicted octanol–water partition coefficient (Wildman–Crippen LogP) is 4.46. The Morgan fingerprint density at radius 1 is 1.22 bits per heavy atom. The number of benzene rings is 1. The second-order valence-electron chi connectivity index (χ2n) is 7.47. The number of nitrogens with zero attached hydrogens (tertiary/aromatic N) is 6. The maximum Gasteiger partial charge on any atom is 0.256 e. The normalized spacial score (nSPS) is 16.0. The van der Waals surface area contributed by atoms with Crippen molar-refractivity contribution in [3.05, 3.63) is 76.5 Å². The third kappa shape index (κ3) is 3.89. The minimum atomic E-state index is -0.301. The topological polar surface area (TPSA) is 88.9 Å². The van der Waals surface area contributed by atoms with Gasteiger partial charge < -0.3 is 4.42 Å². The molecule has 0 saturated heterocycles. The summed E-state index contributed by atoms with van der Waals surface area (Å²) in [6.07, 6.45) is 2.16. The minimum Gasteiger partial charge on any atom is -0.467 e. The number of aromatic nitrogens is 4. The summed E-state index contributed by atoms with van der Waals surface area (Å²) in [6.45, 7) is 3.88. The number of halogens is 1. The van der Waals surface area contributed by atoms with Crippen LogP contribution in [0.3, 0.4) is 0 Å². The Balaban J connectivity index is 1.39. The van der Waals surface area contributed by atoms with Crippen molar-refractivity contribution in [2.75, 3.05) is 5.75 Å². The highest BCUT2D eigenvalue weighted by Gasteiger charge is 2.35. The highest BCUT2D eigenvalue weighted by atomic mass is 35.5. The number of hydrogen-bond donors (Lipinski definition) is 0. The fourth-order valence-corrected chi connectivity index (χ4v) is 4.71. The van der Waals surface area contributed by atoms with Crippen molar-refractivity contribution in [1.82, 2.24) is 24.6 Å². The Bertz CT molecular complexity index is 1320. The maximum absolute atomic E-state index is 13.2. The quantitative estimate of drug-likeness (QED) is 0.403. The number of carbonyl (C=O) groups excluding carboxylic acids is 1. The summed E-state index contributed by atoms with van der Waals surface area (Å²) in [5.74, 6) is 1.23. The van der Waals surface area contributed by atoms with Crippen LogP contribution in [0.5, 0.6) is 0 Å². The molecule has 10 heteroatoms. The van der Waals surface area contributed by atoms with E-state index in [4.69, 9.17) is 16.0 Å². The molecule has 5 rings (SSSR count). The van der Waals surface area contributed by atoms with Gasteiger partial charge >= 0.3 is 0 Å². The molecule has 0 unspecified atom stereocenters. The van der Waals surface area contributed by atoms with Crippen LogP contribution in [-0.4, -0.2) is 42.0 Å². The van der Waals surface area contributed by atoms with E-state index in [1.54, 1.807) is 6.26 Å². The molecule has 4 heterocycles. The molecule has 0 saturated carbocycles. The number of carbonyl (C=O) groups is 1. The summed E-state index contributed by atoms with van der Waals surface area (Å²) in [7, 11) is 0. The summed E-state index contributed by atoms with van der Waals surface area (Å²) in [5.41, 5.74) is 3.57. The Morgan fingerprint density at radius 2 is 2.03 bits per heavy atom. The molecular weight excluding hydrogens is 448 g/mol. The molecule has 8 nitrogen and oxygen atoms in total. The van der Waals surface area contributed by atoms with E-state index in [1.165, 1.54) is 16.8 Å². The number of hydrazone groups is 1. The third-order valence-corrected chi connectivity index (χ3v) is 6.37. The Labute approximate surface area is 193 Å². The zero-order valence-electron chi connectivity index (χ0n) is 17.4. The van der Waals surface area contributed by atoms with E-state index < -0.39 is 0 Å². The lowest BCUT2D eigenvalue weighted by atomic mass is 10.0. The van der Waals surface area contributed by atoms with Gasteiger partial charge in [-0.3, -0.25) is 9.20 Å². The van der Waals surface area contributed by atoms with Crippen LogP contribution in [0.15, 0.2) is 63.4 Å². The van der Waals surface area contributed by atoms with Crippen molar-refractivity contribution in [3.8, 4) is 0 Å². The van der Waals surface area contributed by atoms with E-state index in [-0.39, 0.29) is 17.7 Å². The van der Waals surface area contributed by atoms with Crippen molar-refractivity contribution in [3.63, 3.8) is 0 Å². The monoisotopic (exact) mass is 466 g/mol. The van der Waals surface area contributed by atoms with Crippen molar-refractivity contribution < 1.29 is 9.21 Å². The molecule has 0 N–H and O–H groups in total. The average molecular weight is 467 g/mol. The van der Waals surface area contributed by atoms with Gasteiger partial charge in [-0.15, -0.1) is 10.2 Å². The zero-order valence-corrected chi connectivity index (χ0v) is 19.0. The first-order chi connectivity index (χ1) is 15.5. The van der Waals surface area contributed by atoms with E-state index in [1.807, 2.05) is 60.7 Å². The molecule has 1 amide bonds. The summed E-state index contributed by atoms with van der Waals surface area (Å²) in [4.78, 5) is 17.6. The minimum absolute atomic E-state index is 0.144. The van der Waals surface area contributed by atoms with Crippen LogP contribution in [-0.2, 0) is 4.79 Å². The van der Waals surface area contributed by atoms with Gasteiger partial charge in [-0.05, 0) is 49.7 Å². The van der Waals surface area contributed by atoms with E-state index in [0.717, 1.165) is 22.7 Å². The fraction of sp³-hybridized carbons (Fsp3) is 0.227. The molecule has 4 aromatic rings. The predicted molar refractivity (Wildman–Crippen MR) is 122 cm³/mol. The number of thioether (sulfide) groups is 1. The Hall–Kier alpha value is -3.17. The number of rotatable bonds is 5. The lowest BCUT2D eigenvalue weighted by Gasteiger charge is -2.19. The molecule has 1 aliphatic rings. The molecule has 3 aromatic heterocycles. The number of furan rings is 1. The van der Waals surface area contributed by atoms with Crippen molar-refractivity contribution >= 4 is 40.8 Å². The van der Waals surface area contributed by atoms with Crippen LogP contribution >= 0.6 is 23.4 Å². The zero-order chi connectivity index (χ0) is 22.2. The Morgan fingerprint density at radius 3 is 2.78 bits per heavy atom. The fourth-order valence-electron chi connectivity index (χ4n) is 3.75. The van der Waals surface area contributed by atoms with Crippen LogP contribution in [0.2, 0.25) is 5.02 Å². The van der Waals surface area contributed by atoms with Crippen LogP contribution in [0.4, 0.5) is 0 Å². The van der Waals surface area contributed by atoms with E-state index in [2.05, 4.69) is 20.3 Å². The van der Waals surface area contributed by atoms with E-state index in [0.29, 0.717) is 28.1 Å². The molecule has 0 spiro atoms. The summed E-state index contributed by atoms with van der Waals surface area (Å²) in [6, 6.07) is 12.8. The van der Waals surface area contributed by atoms with Gasteiger partial charge in [-0.2, -0.15) is 5.10 Å².